The molecule has 0 fully saturated rings. The van der Waals surface area contributed by atoms with Gasteiger partial charge in [-0.25, -0.2) is 4.79 Å². The standard InChI is InChI=1S/C12H16N2O4/c1-17-8-10(11(13)15)14-12(16)18-7-9-5-3-2-4-6-9/h2-6,10H,7-8H2,1H3,(H2,13,15)(H,14,16)/t10-/m1/s1. The van der Waals surface area contributed by atoms with Gasteiger partial charge < -0.3 is 20.5 Å². The summed E-state index contributed by atoms with van der Waals surface area (Å²) < 4.78 is 9.70. The van der Waals surface area contributed by atoms with Crippen molar-refractivity contribution in [2.24, 2.45) is 5.73 Å². The van der Waals surface area contributed by atoms with E-state index >= 15 is 0 Å². The SMILES string of the molecule is COC[C@@H](NC(=O)OCc1ccccc1)C(N)=O. The van der Waals surface area contributed by atoms with Crippen LogP contribution in [0.15, 0.2) is 30.3 Å². The van der Waals surface area contributed by atoms with E-state index in [9.17, 15) is 9.59 Å². The molecule has 0 aromatic heterocycles. The molecule has 0 aliphatic rings. The van der Waals surface area contributed by atoms with E-state index in [1.165, 1.54) is 7.11 Å². The molecule has 0 heterocycles. The number of hydrogen-bond acceptors (Lipinski definition) is 4. The molecule has 3 N–H and O–H groups in total. The van der Waals surface area contributed by atoms with Gasteiger partial charge in [0, 0.05) is 7.11 Å². The number of ether oxygens (including phenoxy) is 2. The lowest BCUT2D eigenvalue weighted by Crippen LogP contribution is -2.47. The molecule has 2 amide bonds. The highest BCUT2D eigenvalue weighted by Crippen LogP contribution is 2.00. The number of carbonyl (C=O) groups excluding carboxylic acids is 2. The molecule has 0 aliphatic carbocycles. The summed E-state index contributed by atoms with van der Waals surface area (Å²) in [6.45, 7) is 0.140. The summed E-state index contributed by atoms with van der Waals surface area (Å²) in [5, 5.41) is 2.33. The molecular weight excluding hydrogens is 236 g/mol. The molecule has 0 saturated heterocycles. The summed E-state index contributed by atoms with van der Waals surface area (Å²) in [4.78, 5) is 22.4. The fourth-order valence-corrected chi connectivity index (χ4v) is 1.27. The normalized spacial score (nSPS) is 11.6. The second kappa shape index (κ2) is 7.29. The Morgan fingerprint density at radius 2 is 2.00 bits per heavy atom. The van der Waals surface area contributed by atoms with Gasteiger partial charge in [-0.3, -0.25) is 4.79 Å². The van der Waals surface area contributed by atoms with Gasteiger partial charge in [-0.1, -0.05) is 30.3 Å². The van der Waals surface area contributed by atoms with Gasteiger partial charge in [0.25, 0.3) is 0 Å². The summed E-state index contributed by atoms with van der Waals surface area (Å²) in [5.74, 6) is -0.673. The Hall–Kier alpha value is -2.08. The van der Waals surface area contributed by atoms with Gasteiger partial charge in [0.05, 0.1) is 6.61 Å². The fourth-order valence-electron chi connectivity index (χ4n) is 1.27. The maximum Gasteiger partial charge on any atom is 0.408 e. The molecule has 1 aromatic carbocycles. The summed E-state index contributed by atoms with van der Waals surface area (Å²) in [5.41, 5.74) is 5.95. The summed E-state index contributed by atoms with van der Waals surface area (Å²) in [7, 11) is 1.41. The molecule has 98 valence electrons. The van der Waals surface area contributed by atoms with E-state index in [0.717, 1.165) is 5.56 Å². The quantitative estimate of drug-likeness (QED) is 0.767. The van der Waals surface area contributed by atoms with Gasteiger partial charge in [0.2, 0.25) is 5.91 Å². The average molecular weight is 252 g/mol. The molecule has 0 radical (unpaired) electrons. The molecule has 6 heteroatoms. The Kier molecular flexibility index (Phi) is 5.66. The lowest BCUT2D eigenvalue weighted by molar-refractivity contribution is -0.121. The zero-order chi connectivity index (χ0) is 13.4. The Morgan fingerprint density at radius 1 is 1.33 bits per heavy atom. The highest BCUT2D eigenvalue weighted by molar-refractivity contribution is 5.84. The number of methoxy groups -OCH3 is 1. The van der Waals surface area contributed by atoms with Crippen molar-refractivity contribution in [2.75, 3.05) is 13.7 Å². The van der Waals surface area contributed by atoms with Crippen LogP contribution < -0.4 is 11.1 Å². The van der Waals surface area contributed by atoms with Gasteiger partial charge in [-0.15, -0.1) is 0 Å². The van der Waals surface area contributed by atoms with E-state index in [1.54, 1.807) is 0 Å². The predicted octanol–water partition coefficient (Wildman–Crippen LogP) is 0.413. The van der Waals surface area contributed by atoms with Crippen LogP contribution in [0.4, 0.5) is 4.79 Å². The second-order valence-corrected chi connectivity index (χ2v) is 3.62. The zero-order valence-corrected chi connectivity index (χ0v) is 10.1. The van der Waals surface area contributed by atoms with Crippen LogP contribution in [-0.2, 0) is 20.9 Å². The predicted molar refractivity (Wildman–Crippen MR) is 64.6 cm³/mol. The van der Waals surface area contributed by atoms with Crippen LogP contribution in [0.3, 0.4) is 0 Å². The number of hydrogen-bond donors (Lipinski definition) is 2. The molecule has 0 unspecified atom stereocenters. The number of amides is 2. The third kappa shape index (κ3) is 4.84. The van der Waals surface area contributed by atoms with Crippen LogP contribution in [0.25, 0.3) is 0 Å². The van der Waals surface area contributed by atoms with E-state index in [1.807, 2.05) is 30.3 Å². The second-order valence-electron chi connectivity index (χ2n) is 3.62. The smallest absolute Gasteiger partial charge is 0.408 e. The third-order valence-corrected chi connectivity index (χ3v) is 2.18. The number of nitrogens with two attached hydrogens (primary N) is 1. The first-order valence-corrected chi connectivity index (χ1v) is 5.39. The first kappa shape index (κ1) is 14.0. The van der Waals surface area contributed by atoms with Crippen LogP contribution in [0.5, 0.6) is 0 Å². The summed E-state index contributed by atoms with van der Waals surface area (Å²) in [6.07, 6.45) is -0.709. The fraction of sp³-hybridized carbons (Fsp3) is 0.333. The minimum absolute atomic E-state index is 0.00969. The van der Waals surface area contributed by atoms with Crippen LogP contribution >= 0.6 is 0 Å². The highest BCUT2D eigenvalue weighted by atomic mass is 16.5. The number of primary amides is 1. The lowest BCUT2D eigenvalue weighted by Gasteiger charge is -2.14. The first-order chi connectivity index (χ1) is 8.63. The molecular formula is C12H16N2O4. The molecule has 1 aromatic rings. The van der Waals surface area contributed by atoms with Crippen molar-refractivity contribution in [2.45, 2.75) is 12.6 Å². The van der Waals surface area contributed by atoms with E-state index < -0.39 is 18.0 Å². The Balaban J connectivity index is 2.39. The van der Waals surface area contributed by atoms with Crippen LogP contribution in [0.1, 0.15) is 5.56 Å². The minimum atomic E-state index is -0.890. The van der Waals surface area contributed by atoms with Crippen molar-refractivity contribution in [3.05, 3.63) is 35.9 Å². The lowest BCUT2D eigenvalue weighted by atomic mass is 10.2. The zero-order valence-electron chi connectivity index (χ0n) is 10.1. The molecule has 0 saturated carbocycles. The number of nitrogens with one attached hydrogen (secondary N) is 1. The summed E-state index contributed by atoms with van der Waals surface area (Å²) in [6, 6.07) is 8.31. The first-order valence-electron chi connectivity index (χ1n) is 5.39. The van der Waals surface area contributed by atoms with Gasteiger partial charge >= 0.3 is 6.09 Å². The molecule has 1 rings (SSSR count). The molecule has 1 atom stereocenters. The topological polar surface area (TPSA) is 90.7 Å². The van der Waals surface area contributed by atoms with Gasteiger partial charge in [-0.05, 0) is 5.56 Å². The Morgan fingerprint density at radius 3 is 2.56 bits per heavy atom. The molecule has 0 aliphatic heterocycles. The molecule has 6 nitrogen and oxygen atoms in total. The summed E-state index contributed by atoms with van der Waals surface area (Å²) >= 11 is 0. The van der Waals surface area contributed by atoms with Crippen molar-refractivity contribution in [3.63, 3.8) is 0 Å². The van der Waals surface area contributed by atoms with Gasteiger partial charge in [0.15, 0.2) is 0 Å². The Labute approximate surface area is 105 Å². The van der Waals surface area contributed by atoms with E-state index in [-0.39, 0.29) is 13.2 Å². The molecule has 0 bridgehead atoms. The van der Waals surface area contributed by atoms with Gasteiger partial charge in [-0.2, -0.15) is 0 Å². The minimum Gasteiger partial charge on any atom is -0.445 e. The van der Waals surface area contributed by atoms with Crippen molar-refractivity contribution >= 4 is 12.0 Å². The van der Waals surface area contributed by atoms with E-state index in [2.05, 4.69) is 5.32 Å². The van der Waals surface area contributed by atoms with Crippen molar-refractivity contribution in [1.29, 1.82) is 0 Å². The van der Waals surface area contributed by atoms with Crippen LogP contribution in [0, 0.1) is 0 Å². The molecule has 0 spiro atoms. The van der Waals surface area contributed by atoms with Crippen molar-refractivity contribution in [1.82, 2.24) is 5.32 Å². The van der Waals surface area contributed by atoms with E-state index in [4.69, 9.17) is 15.2 Å². The van der Waals surface area contributed by atoms with Crippen LogP contribution in [0.2, 0.25) is 0 Å². The number of rotatable bonds is 6. The van der Waals surface area contributed by atoms with Gasteiger partial charge in [0.1, 0.15) is 12.6 Å². The monoisotopic (exact) mass is 252 g/mol. The largest absolute Gasteiger partial charge is 0.445 e. The van der Waals surface area contributed by atoms with E-state index in [0.29, 0.717) is 0 Å². The number of benzene rings is 1. The maximum absolute atomic E-state index is 11.4. The number of carbonyl (C=O) groups is 2. The van der Waals surface area contributed by atoms with Crippen molar-refractivity contribution in [3.8, 4) is 0 Å². The van der Waals surface area contributed by atoms with Crippen molar-refractivity contribution < 1.29 is 19.1 Å². The maximum atomic E-state index is 11.4. The number of alkyl carbamates (subject to hydrolysis) is 1. The third-order valence-electron chi connectivity index (χ3n) is 2.18. The van der Waals surface area contributed by atoms with Crippen LogP contribution in [-0.4, -0.2) is 31.8 Å². The highest BCUT2D eigenvalue weighted by Gasteiger charge is 2.18. The average Bonchev–Trinajstić information content (AvgIpc) is 2.37. The Bertz CT molecular complexity index is 394. The molecule has 18 heavy (non-hydrogen) atoms.